The molecule has 0 radical (unpaired) electrons. The summed E-state index contributed by atoms with van der Waals surface area (Å²) in [6.07, 6.45) is 0. The van der Waals surface area contributed by atoms with Gasteiger partial charge in [-0.15, -0.1) is 0 Å². The molecule has 0 fully saturated rings. The van der Waals surface area contributed by atoms with Gasteiger partial charge in [0.1, 0.15) is 5.75 Å². The predicted molar refractivity (Wildman–Crippen MR) is 103 cm³/mol. The zero-order valence-corrected chi connectivity index (χ0v) is 14.8. The number of ether oxygens (including phenoxy) is 1. The highest BCUT2D eigenvalue weighted by molar-refractivity contribution is 9.10. The number of para-hydroxylation sites is 1. The van der Waals surface area contributed by atoms with E-state index < -0.39 is 0 Å². The number of benzene rings is 3. The highest BCUT2D eigenvalue weighted by Crippen LogP contribution is 2.39. The minimum absolute atomic E-state index is 0.857. The Morgan fingerprint density at radius 3 is 2.17 bits per heavy atom. The summed E-state index contributed by atoms with van der Waals surface area (Å²) in [5, 5.41) is 1.20. The molecule has 0 spiro atoms. The third kappa shape index (κ3) is 2.42. The Morgan fingerprint density at radius 1 is 0.792 bits per heavy atom. The van der Waals surface area contributed by atoms with Crippen molar-refractivity contribution in [1.29, 1.82) is 0 Å². The van der Waals surface area contributed by atoms with Crippen LogP contribution in [0.5, 0.6) is 5.75 Å². The Kier molecular flexibility index (Phi) is 3.87. The van der Waals surface area contributed by atoms with Gasteiger partial charge >= 0.3 is 0 Å². The molecule has 0 atom stereocenters. The SMILES string of the molecule is COc1ccc(-n2c(-c3ccccc3)c(Br)c3ccccc32)cc1. The molecular formula is C21H16BrNO. The summed E-state index contributed by atoms with van der Waals surface area (Å²) in [4.78, 5) is 0. The molecule has 0 saturated heterocycles. The van der Waals surface area contributed by atoms with E-state index in [2.05, 4.69) is 81.2 Å². The van der Waals surface area contributed by atoms with E-state index in [4.69, 9.17) is 4.74 Å². The summed E-state index contributed by atoms with van der Waals surface area (Å²) in [5.74, 6) is 0.857. The molecule has 0 bridgehead atoms. The number of hydrogen-bond donors (Lipinski definition) is 0. The van der Waals surface area contributed by atoms with E-state index >= 15 is 0 Å². The van der Waals surface area contributed by atoms with Crippen molar-refractivity contribution in [2.45, 2.75) is 0 Å². The molecule has 2 nitrogen and oxygen atoms in total. The predicted octanol–water partition coefficient (Wildman–Crippen LogP) is 6.07. The first-order chi connectivity index (χ1) is 11.8. The van der Waals surface area contributed by atoms with E-state index in [0.717, 1.165) is 21.6 Å². The standard InChI is InChI=1S/C21H16BrNO/c1-24-17-13-11-16(12-14-17)23-19-10-6-5-9-18(19)20(22)21(23)15-7-3-2-4-8-15/h2-14H,1H3. The molecule has 3 heteroatoms. The molecule has 0 aliphatic rings. The molecule has 118 valence electrons. The fraction of sp³-hybridized carbons (Fsp3) is 0.0476. The van der Waals surface area contributed by atoms with Crippen LogP contribution >= 0.6 is 15.9 Å². The lowest BCUT2D eigenvalue weighted by molar-refractivity contribution is 0.415. The fourth-order valence-electron chi connectivity index (χ4n) is 3.05. The van der Waals surface area contributed by atoms with E-state index in [-0.39, 0.29) is 0 Å². The van der Waals surface area contributed by atoms with Crippen LogP contribution in [0.25, 0.3) is 27.8 Å². The third-order valence-electron chi connectivity index (χ3n) is 4.19. The second-order valence-corrected chi connectivity index (χ2v) is 6.37. The van der Waals surface area contributed by atoms with Crippen LogP contribution in [0.4, 0.5) is 0 Å². The minimum atomic E-state index is 0.857. The first-order valence-corrected chi connectivity index (χ1v) is 8.57. The molecule has 0 amide bonds. The Labute approximate surface area is 149 Å². The van der Waals surface area contributed by atoms with E-state index in [1.165, 1.54) is 16.5 Å². The maximum Gasteiger partial charge on any atom is 0.119 e. The van der Waals surface area contributed by atoms with E-state index in [0.29, 0.717) is 0 Å². The van der Waals surface area contributed by atoms with Crippen molar-refractivity contribution < 1.29 is 4.74 Å². The first kappa shape index (κ1) is 15.0. The number of hydrogen-bond acceptors (Lipinski definition) is 1. The van der Waals surface area contributed by atoms with Crippen LogP contribution in [0.15, 0.2) is 83.3 Å². The maximum absolute atomic E-state index is 5.29. The third-order valence-corrected chi connectivity index (χ3v) is 4.99. The summed E-state index contributed by atoms with van der Waals surface area (Å²) in [6, 6.07) is 27.0. The number of halogens is 1. The molecule has 3 aromatic carbocycles. The molecule has 0 aliphatic carbocycles. The summed E-state index contributed by atoms with van der Waals surface area (Å²) >= 11 is 3.82. The van der Waals surface area contributed by atoms with Crippen molar-refractivity contribution in [3.63, 3.8) is 0 Å². The smallest absolute Gasteiger partial charge is 0.119 e. The van der Waals surface area contributed by atoms with Gasteiger partial charge in [0.2, 0.25) is 0 Å². The zero-order valence-electron chi connectivity index (χ0n) is 13.2. The average Bonchev–Trinajstić information content (AvgIpc) is 2.95. The van der Waals surface area contributed by atoms with Crippen LogP contribution in [-0.2, 0) is 0 Å². The van der Waals surface area contributed by atoms with Gasteiger partial charge in [0.25, 0.3) is 0 Å². The normalized spacial score (nSPS) is 10.9. The number of nitrogens with zero attached hydrogens (tertiary/aromatic N) is 1. The van der Waals surface area contributed by atoms with Crippen molar-refractivity contribution in [3.8, 4) is 22.7 Å². The van der Waals surface area contributed by atoms with Crippen LogP contribution in [0.3, 0.4) is 0 Å². The second-order valence-electron chi connectivity index (χ2n) is 5.58. The molecule has 1 heterocycles. The molecular weight excluding hydrogens is 362 g/mol. The van der Waals surface area contributed by atoms with Crippen LogP contribution in [0, 0.1) is 0 Å². The lowest BCUT2D eigenvalue weighted by Gasteiger charge is -2.12. The van der Waals surface area contributed by atoms with Crippen LogP contribution < -0.4 is 4.74 Å². The van der Waals surface area contributed by atoms with Gasteiger partial charge in [-0.3, -0.25) is 0 Å². The summed E-state index contributed by atoms with van der Waals surface area (Å²) in [6.45, 7) is 0. The first-order valence-electron chi connectivity index (χ1n) is 7.78. The Balaban J connectivity index is 2.05. The van der Waals surface area contributed by atoms with E-state index in [1.54, 1.807) is 7.11 Å². The summed E-state index contributed by atoms with van der Waals surface area (Å²) in [5.41, 5.74) is 4.61. The number of rotatable bonds is 3. The van der Waals surface area contributed by atoms with Gasteiger partial charge in [0, 0.05) is 11.1 Å². The molecule has 0 N–H and O–H groups in total. The number of fused-ring (bicyclic) bond motifs is 1. The maximum atomic E-state index is 5.29. The monoisotopic (exact) mass is 377 g/mol. The Morgan fingerprint density at radius 2 is 1.46 bits per heavy atom. The lowest BCUT2D eigenvalue weighted by atomic mass is 10.1. The van der Waals surface area contributed by atoms with Crippen LogP contribution in [0.1, 0.15) is 0 Å². The van der Waals surface area contributed by atoms with Crippen molar-refractivity contribution >= 4 is 26.8 Å². The Hall–Kier alpha value is -2.52. The van der Waals surface area contributed by atoms with Gasteiger partial charge < -0.3 is 9.30 Å². The molecule has 0 saturated carbocycles. The molecule has 4 rings (SSSR count). The van der Waals surface area contributed by atoms with Crippen LogP contribution in [-0.4, -0.2) is 11.7 Å². The van der Waals surface area contributed by atoms with E-state index in [9.17, 15) is 0 Å². The highest BCUT2D eigenvalue weighted by Gasteiger charge is 2.17. The quantitative estimate of drug-likeness (QED) is 0.422. The van der Waals surface area contributed by atoms with Gasteiger partial charge in [-0.05, 0) is 51.8 Å². The summed E-state index contributed by atoms with van der Waals surface area (Å²) in [7, 11) is 1.69. The van der Waals surface area contributed by atoms with Crippen LogP contribution in [0.2, 0.25) is 0 Å². The fourth-order valence-corrected chi connectivity index (χ4v) is 3.79. The molecule has 0 aliphatic heterocycles. The second kappa shape index (κ2) is 6.17. The van der Waals surface area contributed by atoms with Crippen molar-refractivity contribution in [2.24, 2.45) is 0 Å². The Bertz CT molecular complexity index is 988. The van der Waals surface area contributed by atoms with Crippen molar-refractivity contribution in [3.05, 3.63) is 83.3 Å². The topological polar surface area (TPSA) is 14.2 Å². The highest BCUT2D eigenvalue weighted by atomic mass is 79.9. The number of methoxy groups -OCH3 is 1. The van der Waals surface area contributed by atoms with Gasteiger partial charge in [-0.25, -0.2) is 0 Å². The van der Waals surface area contributed by atoms with Crippen molar-refractivity contribution in [2.75, 3.05) is 7.11 Å². The average molecular weight is 378 g/mol. The minimum Gasteiger partial charge on any atom is -0.497 e. The van der Waals surface area contributed by atoms with Gasteiger partial charge in [-0.1, -0.05) is 48.5 Å². The molecule has 24 heavy (non-hydrogen) atoms. The number of aromatic nitrogens is 1. The van der Waals surface area contributed by atoms with Gasteiger partial charge in [-0.2, -0.15) is 0 Å². The molecule has 4 aromatic rings. The van der Waals surface area contributed by atoms with Crippen molar-refractivity contribution in [1.82, 2.24) is 4.57 Å². The van der Waals surface area contributed by atoms with Gasteiger partial charge in [0.05, 0.1) is 22.8 Å². The van der Waals surface area contributed by atoms with Gasteiger partial charge in [0.15, 0.2) is 0 Å². The zero-order chi connectivity index (χ0) is 16.5. The lowest BCUT2D eigenvalue weighted by Crippen LogP contribution is -1.97. The largest absolute Gasteiger partial charge is 0.497 e. The molecule has 1 aromatic heterocycles. The molecule has 0 unspecified atom stereocenters. The van der Waals surface area contributed by atoms with E-state index in [1.807, 2.05) is 18.2 Å². The summed E-state index contributed by atoms with van der Waals surface area (Å²) < 4.78 is 8.69.